The van der Waals surface area contributed by atoms with Crippen LogP contribution >= 0.6 is 11.3 Å². The van der Waals surface area contributed by atoms with Crippen LogP contribution in [0, 0.1) is 0 Å². The van der Waals surface area contributed by atoms with E-state index in [2.05, 4.69) is 10.1 Å². The molecule has 0 fully saturated rings. The molecule has 0 amide bonds. The number of thiazole rings is 1. The van der Waals surface area contributed by atoms with Gasteiger partial charge >= 0.3 is 5.97 Å². The summed E-state index contributed by atoms with van der Waals surface area (Å²) in [6, 6.07) is 11.1. The molecule has 118 valence electrons. The standard InChI is InChI=1S/C16H14FN3O2S/c1-16(2,17)13-8-11(10-6-4-3-5-7-10)19-20(13)15-18-12(9-23-15)14(21)22/h3-9H,1-2H3,(H,21,22). The van der Waals surface area contributed by atoms with Gasteiger partial charge in [-0.25, -0.2) is 18.9 Å². The SMILES string of the molecule is CC(C)(F)c1cc(-c2ccccc2)nn1-c1nc(C(=O)O)cs1. The molecule has 1 aromatic carbocycles. The van der Waals surface area contributed by atoms with Crippen molar-refractivity contribution in [3.8, 4) is 16.4 Å². The summed E-state index contributed by atoms with van der Waals surface area (Å²) in [5, 5.41) is 15.2. The third-order valence-corrected chi connectivity index (χ3v) is 4.10. The van der Waals surface area contributed by atoms with Crippen LogP contribution < -0.4 is 0 Å². The zero-order valence-corrected chi connectivity index (χ0v) is 13.3. The van der Waals surface area contributed by atoms with Crippen molar-refractivity contribution in [3.05, 3.63) is 53.2 Å². The van der Waals surface area contributed by atoms with Crippen molar-refractivity contribution < 1.29 is 14.3 Å². The van der Waals surface area contributed by atoms with E-state index >= 15 is 0 Å². The highest BCUT2D eigenvalue weighted by molar-refractivity contribution is 7.12. The monoisotopic (exact) mass is 331 g/mol. The number of benzene rings is 1. The largest absolute Gasteiger partial charge is 0.476 e. The van der Waals surface area contributed by atoms with Crippen molar-refractivity contribution in [1.29, 1.82) is 0 Å². The molecule has 3 rings (SSSR count). The number of rotatable bonds is 4. The topological polar surface area (TPSA) is 68.0 Å². The van der Waals surface area contributed by atoms with Gasteiger partial charge in [-0.15, -0.1) is 11.3 Å². The summed E-state index contributed by atoms with van der Waals surface area (Å²) < 4.78 is 15.9. The molecule has 0 bridgehead atoms. The molecule has 0 aliphatic heterocycles. The van der Waals surface area contributed by atoms with Gasteiger partial charge in [0.15, 0.2) is 5.69 Å². The Hall–Kier alpha value is -2.54. The third kappa shape index (κ3) is 3.00. The molecule has 0 saturated heterocycles. The van der Waals surface area contributed by atoms with Crippen LogP contribution in [0.25, 0.3) is 16.4 Å². The van der Waals surface area contributed by atoms with Gasteiger partial charge in [-0.05, 0) is 19.9 Å². The lowest BCUT2D eigenvalue weighted by molar-refractivity contribution is 0.0691. The fourth-order valence-corrected chi connectivity index (χ4v) is 2.92. The average Bonchev–Trinajstić information content (AvgIpc) is 3.14. The van der Waals surface area contributed by atoms with Crippen molar-refractivity contribution in [2.75, 3.05) is 0 Å². The molecule has 0 aliphatic rings. The van der Waals surface area contributed by atoms with Gasteiger partial charge in [0, 0.05) is 10.9 Å². The number of carboxylic acids is 1. The Morgan fingerprint density at radius 3 is 2.57 bits per heavy atom. The van der Waals surface area contributed by atoms with Crippen LogP contribution in [-0.2, 0) is 5.67 Å². The van der Waals surface area contributed by atoms with Crippen molar-refractivity contribution in [2.24, 2.45) is 0 Å². The molecule has 7 heteroatoms. The molecule has 3 aromatic rings. The Labute approximate surface area is 136 Å². The van der Waals surface area contributed by atoms with E-state index in [9.17, 15) is 9.18 Å². The number of halogens is 1. The lowest BCUT2D eigenvalue weighted by Crippen LogP contribution is -2.16. The summed E-state index contributed by atoms with van der Waals surface area (Å²) >= 11 is 1.11. The van der Waals surface area contributed by atoms with Gasteiger partial charge in [0.05, 0.1) is 11.4 Å². The molecular weight excluding hydrogens is 317 g/mol. The van der Waals surface area contributed by atoms with Crippen LogP contribution in [0.3, 0.4) is 0 Å². The highest BCUT2D eigenvalue weighted by atomic mass is 32.1. The molecule has 2 aromatic heterocycles. The fourth-order valence-electron chi connectivity index (χ4n) is 2.16. The minimum atomic E-state index is -1.64. The van der Waals surface area contributed by atoms with Crippen LogP contribution in [0.4, 0.5) is 4.39 Å². The lowest BCUT2D eigenvalue weighted by Gasteiger charge is -2.14. The molecule has 2 heterocycles. The smallest absolute Gasteiger partial charge is 0.355 e. The summed E-state index contributed by atoms with van der Waals surface area (Å²) in [6.45, 7) is 2.86. The molecule has 0 radical (unpaired) electrons. The first-order chi connectivity index (χ1) is 10.9. The molecule has 1 N–H and O–H groups in total. The average molecular weight is 331 g/mol. The summed E-state index contributed by atoms with van der Waals surface area (Å²) in [7, 11) is 0. The molecule has 0 unspecified atom stereocenters. The van der Waals surface area contributed by atoms with E-state index in [4.69, 9.17) is 5.11 Å². The first-order valence-corrected chi connectivity index (χ1v) is 7.78. The van der Waals surface area contributed by atoms with Crippen molar-refractivity contribution in [2.45, 2.75) is 19.5 Å². The van der Waals surface area contributed by atoms with E-state index < -0.39 is 11.6 Å². The maximum atomic E-state index is 14.6. The number of aromatic carboxylic acids is 1. The number of carbonyl (C=O) groups is 1. The van der Waals surface area contributed by atoms with E-state index in [1.54, 1.807) is 6.07 Å². The number of carboxylic acid groups (broad SMARTS) is 1. The molecule has 0 aliphatic carbocycles. The summed E-state index contributed by atoms with van der Waals surface area (Å²) in [6.07, 6.45) is 0. The van der Waals surface area contributed by atoms with Gasteiger partial charge in [-0.1, -0.05) is 30.3 Å². The second kappa shape index (κ2) is 5.58. The quantitative estimate of drug-likeness (QED) is 0.787. The number of hydrogen-bond donors (Lipinski definition) is 1. The van der Waals surface area contributed by atoms with Crippen molar-refractivity contribution in [3.63, 3.8) is 0 Å². The minimum Gasteiger partial charge on any atom is -0.476 e. The molecular formula is C16H14FN3O2S. The Bertz CT molecular complexity index is 850. The second-order valence-corrected chi connectivity index (χ2v) is 6.32. The predicted octanol–water partition coefficient (Wildman–Crippen LogP) is 3.90. The van der Waals surface area contributed by atoms with Crippen LogP contribution in [0.2, 0.25) is 0 Å². The fraction of sp³-hybridized carbons (Fsp3) is 0.188. The summed E-state index contributed by atoms with van der Waals surface area (Å²) in [5.74, 6) is -1.12. The highest BCUT2D eigenvalue weighted by Gasteiger charge is 2.27. The highest BCUT2D eigenvalue weighted by Crippen LogP contribution is 2.31. The van der Waals surface area contributed by atoms with E-state index in [0.717, 1.165) is 16.9 Å². The Balaban J connectivity index is 2.14. The van der Waals surface area contributed by atoms with E-state index in [1.807, 2.05) is 30.3 Å². The number of alkyl halides is 1. The first kappa shape index (κ1) is 15.4. The molecule has 5 nitrogen and oxygen atoms in total. The van der Waals surface area contributed by atoms with Crippen LogP contribution in [0.1, 0.15) is 30.0 Å². The van der Waals surface area contributed by atoms with Gasteiger partial charge in [0.25, 0.3) is 0 Å². The number of hydrogen-bond acceptors (Lipinski definition) is 4. The maximum absolute atomic E-state index is 14.6. The Morgan fingerprint density at radius 2 is 2.00 bits per heavy atom. The summed E-state index contributed by atoms with van der Waals surface area (Å²) in [4.78, 5) is 15.0. The first-order valence-electron chi connectivity index (χ1n) is 6.90. The van der Waals surface area contributed by atoms with Gasteiger partial charge in [0.1, 0.15) is 5.67 Å². The Kier molecular flexibility index (Phi) is 3.73. The second-order valence-electron chi connectivity index (χ2n) is 5.49. The number of aromatic nitrogens is 3. The Morgan fingerprint density at radius 1 is 1.30 bits per heavy atom. The van der Waals surface area contributed by atoms with Crippen LogP contribution in [0.5, 0.6) is 0 Å². The third-order valence-electron chi connectivity index (χ3n) is 3.28. The zero-order valence-electron chi connectivity index (χ0n) is 12.5. The lowest BCUT2D eigenvalue weighted by atomic mass is 10.1. The number of nitrogens with zero attached hydrogens (tertiary/aromatic N) is 3. The van der Waals surface area contributed by atoms with E-state index in [-0.39, 0.29) is 5.69 Å². The van der Waals surface area contributed by atoms with Crippen molar-refractivity contribution in [1.82, 2.24) is 14.8 Å². The molecule has 0 atom stereocenters. The normalized spacial score (nSPS) is 11.6. The van der Waals surface area contributed by atoms with Gasteiger partial charge in [0.2, 0.25) is 5.13 Å². The molecule has 23 heavy (non-hydrogen) atoms. The predicted molar refractivity (Wildman–Crippen MR) is 85.8 cm³/mol. The summed E-state index contributed by atoms with van der Waals surface area (Å²) in [5.41, 5.74) is 0.0620. The molecule has 0 spiro atoms. The van der Waals surface area contributed by atoms with Gasteiger partial charge < -0.3 is 5.11 Å². The van der Waals surface area contributed by atoms with Crippen molar-refractivity contribution >= 4 is 17.3 Å². The van der Waals surface area contributed by atoms with Gasteiger partial charge in [-0.3, -0.25) is 0 Å². The van der Waals surface area contributed by atoms with E-state index in [0.29, 0.717) is 16.5 Å². The van der Waals surface area contributed by atoms with Gasteiger partial charge in [-0.2, -0.15) is 5.10 Å². The zero-order chi connectivity index (χ0) is 16.6. The van der Waals surface area contributed by atoms with Crippen LogP contribution in [0.15, 0.2) is 41.8 Å². The van der Waals surface area contributed by atoms with E-state index in [1.165, 1.54) is 23.9 Å². The maximum Gasteiger partial charge on any atom is 0.355 e. The van der Waals surface area contributed by atoms with Crippen LogP contribution in [-0.4, -0.2) is 25.8 Å². The minimum absolute atomic E-state index is 0.0793. The molecule has 0 saturated carbocycles.